The lowest BCUT2D eigenvalue weighted by Gasteiger charge is -2.14. The molecule has 9 heteroatoms. The van der Waals surface area contributed by atoms with Crippen molar-refractivity contribution in [2.24, 2.45) is 4.99 Å². The third kappa shape index (κ3) is 10.7. The van der Waals surface area contributed by atoms with Gasteiger partial charge in [0, 0.05) is 37.9 Å². The Hall–Kier alpha value is -0.810. The first kappa shape index (κ1) is 24.2. The molecule has 0 heterocycles. The van der Waals surface area contributed by atoms with Gasteiger partial charge in [0.1, 0.15) is 5.82 Å². The van der Waals surface area contributed by atoms with Crippen molar-refractivity contribution in [3.05, 3.63) is 47.8 Å². The molecule has 0 aliphatic heterocycles. The Morgan fingerprint density at radius 1 is 1.36 bits per heavy atom. The third-order valence-corrected chi connectivity index (χ3v) is 4.83. The fourth-order valence-electron chi connectivity index (χ4n) is 1.99. The number of hydrogen-bond donors (Lipinski definition) is 2. The molecule has 1 aromatic rings. The summed E-state index contributed by atoms with van der Waals surface area (Å²) in [7, 11) is -1.54. The van der Waals surface area contributed by atoms with Crippen molar-refractivity contribution in [3.63, 3.8) is 0 Å². The van der Waals surface area contributed by atoms with Crippen molar-refractivity contribution in [3.8, 4) is 0 Å². The molecule has 0 unspecified atom stereocenters. The number of rotatable bonds is 9. The summed E-state index contributed by atoms with van der Waals surface area (Å²) < 4.78 is 36.5. The minimum absolute atomic E-state index is 0. The van der Waals surface area contributed by atoms with E-state index in [-0.39, 0.29) is 29.7 Å². The summed E-state index contributed by atoms with van der Waals surface area (Å²) in [5.41, 5.74) is 1.19. The highest BCUT2D eigenvalue weighted by Gasteiger charge is 2.11. The van der Waals surface area contributed by atoms with Gasteiger partial charge in [0.25, 0.3) is 0 Å². The van der Waals surface area contributed by atoms with Crippen molar-refractivity contribution in [1.82, 2.24) is 10.6 Å². The zero-order chi connectivity index (χ0) is 18.0. The first-order chi connectivity index (χ1) is 11.4. The zero-order valence-corrected chi connectivity index (χ0v) is 18.4. The second-order valence-corrected chi connectivity index (χ2v) is 8.49. The standard InChI is InChI=1S/C16H24FN3O2S2.HI/c1-4-8-23-9-7-19-16(18-2)20-11-14-10-15(17)6-5-13(14)12-24(3,21)22;/h4-6,10H,1,7-9,11-12H2,2-3H3,(H2,18,19,20);1H. The maximum Gasteiger partial charge on any atom is 0.191 e. The van der Waals surface area contributed by atoms with E-state index in [0.717, 1.165) is 24.3 Å². The van der Waals surface area contributed by atoms with Crippen molar-refractivity contribution < 1.29 is 12.8 Å². The van der Waals surface area contributed by atoms with Crippen LogP contribution in [0, 0.1) is 5.82 Å². The van der Waals surface area contributed by atoms with Crippen LogP contribution >= 0.6 is 35.7 Å². The molecule has 0 bridgehead atoms. The fourth-order valence-corrected chi connectivity index (χ4v) is 3.42. The molecule has 0 spiro atoms. The van der Waals surface area contributed by atoms with Gasteiger partial charge in [-0.1, -0.05) is 12.1 Å². The average Bonchev–Trinajstić information content (AvgIpc) is 2.51. The summed E-state index contributed by atoms with van der Waals surface area (Å²) in [6, 6.07) is 4.13. The second-order valence-electron chi connectivity index (χ2n) is 5.20. The van der Waals surface area contributed by atoms with E-state index in [1.165, 1.54) is 18.2 Å². The Morgan fingerprint density at radius 2 is 2.08 bits per heavy atom. The lowest BCUT2D eigenvalue weighted by atomic mass is 10.1. The van der Waals surface area contributed by atoms with Gasteiger partial charge in [0.2, 0.25) is 0 Å². The molecule has 0 atom stereocenters. The lowest BCUT2D eigenvalue weighted by Crippen LogP contribution is -2.38. The molecule has 25 heavy (non-hydrogen) atoms. The molecule has 0 saturated carbocycles. The van der Waals surface area contributed by atoms with Gasteiger partial charge in [-0.25, -0.2) is 12.8 Å². The van der Waals surface area contributed by atoms with Gasteiger partial charge >= 0.3 is 0 Å². The zero-order valence-electron chi connectivity index (χ0n) is 14.4. The van der Waals surface area contributed by atoms with E-state index in [4.69, 9.17) is 0 Å². The quantitative estimate of drug-likeness (QED) is 0.179. The van der Waals surface area contributed by atoms with Gasteiger partial charge in [-0.05, 0) is 23.3 Å². The molecular formula is C16H25FIN3O2S2. The molecule has 2 N–H and O–H groups in total. The van der Waals surface area contributed by atoms with E-state index in [2.05, 4.69) is 22.2 Å². The van der Waals surface area contributed by atoms with Gasteiger partial charge < -0.3 is 10.6 Å². The predicted octanol–water partition coefficient (Wildman–Crippen LogP) is 2.57. The van der Waals surface area contributed by atoms with Crippen LogP contribution in [0.4, 0.5) is 4.39 Å². The maximum atomic E-state index is 13.5. The van der Waals surface area contributed by atoms with Crippen LogP contribution in [0.5, 0.6) is 0 Å². The molecule has 0 aliphatic rings. The van der Waals surface area contributed by atoms with E-state index < -0.39 is 15.7 Å². The SMILES string of the molecule is C=CCSCCNC(=NC)NCc1cc(F)ccc1CS(C)(=O)=O.I. The van der Waals surface area contributed by atoms with Gasteiger partial charge in [0.15, 0.2) is 15.8 Å². The Balaban J connectivity index is 0.00000576. The van der Waals surface area contributed by atoms with Gasteiger partial charge in [0.05, 0.1) is 5.75 Å². The summed E-state index contributed by atoms with van der Waals surface area (Å²) >= 11 is 1.75. The van der Waals surface area contributed by atoms with Crippen LogP contribution in [0.3, 0.4) is 0 Å². The highest BCUT2D eigenvalue weighted by Crippen LogP contribution is 2.14. The highest BCUT2D eigenvalue weighted by atomic mass is 127. The molecule has 142 valence electrons. The molecule has 1 rings (SSSR count). The van der Waals surface area contributed by atoms with Gasteiger partial charge in [-0.15, -0.1) is 30.6 Å². The van der Waals surface area contributed by atoms with E-state index in [0.29, 0.717) is 23.6 Å². The van der Waals surface area contributed by atoms with Crippen LogP contribution in [0.25, 0.3) is 0 Å². The summed E-state index contributed by atoms with van der Waals surface area (Å²) in [6.45, 7) is 4.69. The monoisotopic (exact) mass is 501 g/mol. The van der Waals surface area contributed by atoms with Crippen LogP contribution in [0.1, 0.15) is 11.1 Å². The van der Waals surface area contributed by atoms with Gasteiger partial charge in [-0.3, -0.25) is 4.99 Å². The Kier molecular flexibility index (Phi) is 12.1. The van der Waals surface area contributed by atoms with Crippen LogP contribution in [0.15, 0.2) is 35.8 Å². The fraction of sp³-hybridized carbons (Fsp3) is 0.438. The average molecular weight is 501 g/mol. The maximum absolute atomic E-state index is 13.5. The van der Waals surface area contributed by atoms with Crippen molar-refractivity contribution in [1.29, 1.82) is 0 Å². The third-order valence-electron chi connectivity index (χ3n) is 3.03. The first-order valence-electron chi connectivity index (χ1n) is 7.44. The molecule has 1 aromatic carbocycles. The number of benzene rings is 1. The van der Waals surface area contributed by atoms with Crippen LogP contribution < -0.4 is 10.6 Å². The number of aliphatic imine (C=N–C) groups is 1. The van der Waals surface area contributed by atoms with E-state index in [1.807, 2.05) is 6.08 Å². The van der Waals surface area contributed by atoms with E-state index in [1.54, 1.807) is 18.8 Å². The Bertz CT molecular complexity index is 682. The van der Waals surface area contributed by atoms with E-state index in [9.17, 15) is 12.8 Å². The number of guanidine groups is 1. The largest absolute Gasteiger partial charge is 0.356 e. The van der Waals surface area contributed by atoms with Crippen LogP contribution in [0.2, 0.25) is 0 Å². The molecular weight excluding hydrogens is 476 g/mol. The number of hydrogen-bond acceptors (Lipinski definition) is 4. The molecule has 5 nitrogen and oxygen atoms in total. The normalized spacial score (nSPS) is 11.6. The number of halogens is 2. The number of sulfone groups is 1. The van der Waals surface area contributed by atoms with Crippen molar-refractivity contribution >= 4 is 51.5 Å². The van der Waals surface area contributed by atoms with Crippen molar-refractivity contribution in [2.45, 2.75) is 12.3 Å². The van der Waals surface area contributed by atoms with E-state index >= 15 is 0 Å². The molecule has 0 radical (unpaired) electrons. The number of nitrogens with one attached hydrogen (secondary N) is 2. The van der Waals surface area contributed by atoms with Crippen LogP contribution in [-0.2, 0) is 22.1 Å². The topological polar surface area (TPSA) is 70.6 Å². The molecule has 0 fully saturated rings. The van der Waals surface area contributed by atoms with Crippen molar-refractivity contribution in [2.75, 3.05) is 31.4 Å². The molecule has 0 saturated heterocycles. The summed E-state index contributed by atoms with van der Waals surface area (Å²) in [5, 5.41) is 6.23. The summed E-state index contributed by atoms with van der Waals surface area (Å²) in [6.07, 6.45) is 3.01. The first-order valence-corrected chi connectivity index (χ1v) is 10.7. The second kappa shape index (κ2) is 12.5. The molecule has 0 aliphatic carbocycles. The number of thioether (sulfide) groups is 1. The minimum atomic E-state index is -3.19. The Labute approximate surface area is 170 Å². The smallest absolute Gasteiger partial charge is 0.191 e. The van der Waals surface area contributed by atoms with Crippen LogP contribution in [-0.4, -0.2) is 45.7 Å². The minimum Gasteiger partial charge on any atom is -0.356 e. The lowest BCUT2D eigenvalue weighted by molar-refractivity contribution is 0.599. The summed E-state index contributed by atoms with van der Waals surface area (Å²) in [4.78, 5) is 4.10. The van der Waals surface area contributed by atoms with Gasteiger partial charge in [-0.2, -0.15) is 11.8 Å². The highest BCUT2D eigenvalue weighted by molar-refractivity contribution is 14.0. The molecule has 0 amide bonds. The predicted molar refractivity (Wildman–Crippen MR) is 116 cm³/mol. The Morgan fingerprint density at radius 3 is 2.68 bits per heavy atom. The summed E-state index contributed by atoms with van der Waals surface area (Å²) in [5.74, 6) is 1.88. The molecule has 0 aromatic heterocycles. The number of nitrogens with zero attached hydrogens (tertiary/aromatic N) is 1.